The molecule has 6 heteroatoms. The first-order chi connectivity index (χ1) is 41.0. The highest BCUT2D eigenvalue weighted by Gasteiger charge is 2.19. The second kappa shape index (κ2) is 70.3. The summed E-state index contributed by atoms with van der Waals surface area (Å²) in [6, 6.07) is 0. The van der Waals surface area contributed by atoms with E-state index in [0.717, 1.165) is 89.9 Å². The summed E-state index contributed by atoms with van der Waals surface area (Å²) >= 11 is 0. The van der Waals surface area contributed by atoms with Crippen LogP contribution in [-0.4, -0.2) is 37.2 Å². The fourth-order valence-corrected chi connectivity index (χ4v) is 9.71. The lowest BCUT2D eigenvalue weighted by Crippen LogP contribution is -2.30. The van der Waals surface area contributed by atoms with Gasteiger partial charge < -0.3 is 14.2 Å². The van der Waals surface area contributed by atoms with Crippen molar-refractivity contribution in [3.8, 4) is 0 Å². The molecule has 0 aromatic heterocycles. The van der Waals surface area contributed by atoms with Gasteiger partial charge in [0.2, 0.25) is 0 Å². The van der Waals surface area contributed by atoms with Crippen LogP contribution in [0.3, 0.4) is 0 Å². The first kappa shape index (κ1) is 78.8. The van der Waals surface area contributed by atoms with Crippen molar-refractivity contribution in [2.24, 2.45) is 0 Å². The molecule has 0 aromatic carbocycles. The largest absolute Gasteiger partial charge is 0.462 e. The molecule has 0 aromatic rings. The highest BCUT2D eigenvalue weighted by Crippen LogP contribution is 2.16. The van der Waals surface area contributed by atoms with Gasteiger partial charge in [0.1, 0.15) is 13.2 Å². The third-order valence-corrected chi connectivity index (χ3v) is 14.9. The van der Waals surface area contributed by atoms with E-state index in [2.05, 4.69) is 136 Å². The Morgan fingerprint density at radius 1 is 0.253 bits per heavy atom. The predicted molar refractivity (Wildman–Crippen MR) is 362 cm³/mol. The van der Waals surface area contributed by atoms with Crippen molar-refractivity contribution in [3.05, 3.63) is 122 Å². The van der Waals surface area contributed by atoms with Crippen LogP contribution in [-0.2, 0) is 28.6 Å². The minimum absolute atomic E-state index is 0.105. The minimum Gasteiger partial charge on any atom is -0.462 e. The number of carbonyl (C=O) groups excluding carboxylic acids is 3. The molecule has 474 valence electrons. The van der Waals surface area contributed by atoms with E-state index in [4.69, 9.17) is 14.2 Å². The van der Waals surface area contributed by atoms with Crippen molar-refractivity contribution >= 4 is 17.9 Å². The summed E-state index contributed by atoms with van der Waals surface area (Å²) < 4.78 is 16.9. The van der Waals surface area contributed by atoms with E-state index < -0.39 is 6.10 Å². The van der Waals surface area contributed by atoms with Crippen LogP contribution in [0.2, 0.25) is 0 Å². The van der Waals surface area contributed by atoms with Gasteiger partial charge in [0.05, 0.1) is 0 Å². The fourth-order valence-electron chi connectivity index (χ4n) is 9.71. The summed E-state index contributed by atoms with van der Waals surface area (Å²) in [5.74, 6) is -0.989. The maximum Gasteiger partial charge on any atom is 0.306 e. The molecule has 0 saturated heterocycles. The Morgan fingerprint density at radius 3 is 0.819 bits per heavy atom. The van der Waals surface area contributed by atoms with E-state index in [-0.39, 0.29) is 37.5 Å². The molecular weight excluding hydrogens is 1020 g/mol. The van der Waals surface area contributed by atoms with E-state index in [1.165, 1.54) is 193 Å². The molecule has 0 fully saturated rings. The molecule has 0 rings (SSSR count). The smallest absolute Gasteiger partial charge is 0.306 e. The summed E-state index contributed by atoms with van der Waals surface area (Å²) in [7, 11) is 0. The van der Waals surface area contributed by atoms with E-state index >= 15 is 0 Å². The average Bonchev–Trinajstić information content (AvgIpc) is 3.49. The average molecular weight is 1150 g/mol. The van der Waals surface area contributed by atoms with Gasteiger partial charge in [-0.2, -0.15) is 0 Å². The molecule has 0 aliphatic carbocycles. The van der Waals surface area contributed by atoms with Crippen molar-refractivity contribution in [2.75, 3.05) is 13.2 Å². The van der Waals surface area contributed by atoms with Gasteiger partial charge in [-0.15, -0.1) is 0 Å². The molecule has 0 aliphatic rings. The quantitative estimate of drug-likeness (QED) is 0.0261. The number of unbranched alkanes of at least 4 members (excludes halogenated alkanes) is 32. The molecule has 0 spiro atoms. The molecule has 0 bridgehead atoms. The van der Waals surface area contributed by atoms with Gasteiger partial charge in [-0.1, -0.05) is 309 Å². The molecule has 0 radical (unpaired) electrons. The maximum atomic E-state index is 13.0. The molecule has 6 nitrogen and oxygen atoms in total. The summed E-state index contributed by atoms with van der Waals surface area (Å²) in [5, 5.41) is 0. The summed E-state index contributed by atoms with van der Waals surface area (Å²) in [6.45, 7) is 6.48. The Hall–Kier alpha value is -4.19. The molecule has 0 amide bonds. The van der Waals surface area contributed by atoms with Crippen LogP contribution >= 0.6 is 0 Å². The maximum absolute atomic E-state index is 13.0. The minimum atomic E-state index is -0.817. The molecular formula is C77H130O6. The Morgan fingerprint density at radius 2 is 0.494 bits per heavy atom. The van der Waals surface area contributed by atoms with Crippen LogP contribution < -0.4 is 0 Å². The van der Waals surface area contributed by atoms with E-state index in [1.54, 1.807) is 0 Å². The lowest BCUT2D eigenvalue weighted by molar-refractivity contribution is -0.166. The normalized spacial score (nSPS) is 12.9. The number of esters is 3. The highest BCUT2D eigenvalue weighted by atomic mass is 16.6. The Bertz CT molecular complexity index is 1700. The monoisotopic (exact) mass is 1150 g/mol. The molecule has 0 saturated carbocycles. The summed E-state index contributed by atoms with van der Waals surface area (Å²) in [4.78, 5) is 38.4. The van der Waals surface area contributed by atoms with E-state index in [1.807, 2.05) is 6.08 Å². The van der Waals surface area contributed by atoms with E-state index in [0.29, 0.717) is 19.3 Å². The number of hydrogen-bond donors (Lipinski definition) is 0. The van der Waals surface area contributed by atoms with Crippen molar-refractivity contribution < 1.29 is 28.6 Å². The highest BCUT2D eigenvalue weighted by molar-refractivity contribution is 5.71. The Balaban J connectivity index is 4.46. The van der Waals surface area contributed by atoms with Gasteiger partial charge in [0.25, 0.3) is 0 Å². The molecule has 0 aliphatic heterocycles. The van der Waals surface area contributed by atoms with Crippen LogP contribution in [0.25, 0.3) is 0 Å². The first-order valence-corrected chi connectivity index (χ1v) is 35.0. The third-order valence-electron chi connectivity index (χ3n) is 14.9. The zero-order valence-corrected chi connectivity index (χ0v) is 54.4. The lowest BCUT2D eigenvalue weighted by Gasteiger charge is -2.18. The Labute approximate surface area is 513 Å². The fraction of sp³-hybridized carbons (Fsp3) is 0.701. The molecule has 83 heavy (non-hydrogen) atoms. The third kappa shape index (κ3) is 68.5. The van der Waals surface area contributed by atoms with Crippen LogP contribution in [0.4, 0.5) is 0 Å². The SMILES string of the molecule is CC/C=C\C/C=C\C/C=C\C/C=C\C/C=C\C/C=C\CCC(=O)OCC(COC(=O)CCCCCCCCCCCC/C=C\C/C=C\C/C=C\CCCCCCC)OC(=O)CCCCCCCCCCC/C=C\CCCCCCCCCC. The van der Waals surface area contributed by atoms with Gasteiger partial charge >= 0.3 is 17.9 Å². The summed E-state index contributed by atoms with van der Waals surface area (Å²) in [5.41, 5.74) is 0. The molecule has 0 heterocycles. The molecule has 1 atom stereocenters. The van der Waals surface area contributed by atoms with Gasteiger partial charge in [0, 0.05) is 19.3 Å². The van der Waals surface area contributed by atoms with Gasteiger partial charge in [-0.25, -0.2) is 0 Å². The van der Waals surface area contributed by atoms with Crippen molar-refractivity contribution in [1.29, 1.82) is 0 Å². The summed E-state index contributed by atoms with van der Waals surface area (Å²) in [6.07, 6.45) is 98.0. The van der Waals surface area contributed by atoms with Gasteiger partial charge in [-0.05, 0) is 122 Å². The van der Waals surface area contributed by atoms with Gasteiger partial charge in [-0.3, -0.25) is 14.4 Å². The number of ether oxygens (including phenoxy) is 3. The number of carbonyl (C=O) groups is 3. The number of rotatable bonds is 63. The van der Waals surface area contributed by atoms with E-state index in [9.17, 15) is 14.4 Å². The molecule has 0 N–H and O–H groups in total. The standard InChI is InChI=1S/C77H130O6/c1-4-7-10-13-16-19-22-25-28-31-34-36-37-38-39-41-43-46-49-52-55-58-61-64-67-70-76(79)82-73-74(72-81-75(78)69-66-63-60-57-54-51-48-45-42-33-30-27-24-21-18-15-12-9-6-3)83-77(80)71-68-65-62-59-56-53-50-47-44-40-35-32-29-26-23-20-17-14-11-8-5-2/h9,12,18,21-22,25,27,30-32,34-35,37-38,42,45,51,54,60,63,74H,4-8,10-11,13-17,19-20,23-24,26,28-29,33,36,39-41,43-44,46-50,52-53,55-59,61-62,64-73H2,1-3H3/b12-9-,21-18-,25-22-,30-27-,34-31-,35-32-,38-37-,45-42-,54-51-,63-60-. The second-order valence-electron chi connectivity index (χ2n) is 23.1. The molecule has 1 unspecified atom stereocenters. The zero-order chi connectivity index (χ0) is 59.9. The van der Waals surface area contributed by atoms with Crippen LogP contribution in [0.15, 0.2) is 122 Å². The van der Waals surface area contributed by atoms with Crippen molar-refractivity contribution in [1.82, 2.24) is 0 Å². The zero-order valence-electron chi connectivity index (χ0n) is 54.4. The van der Waals surface area contributed by atoms with Crippen molar-refractivity contribution in [3.63, 3.8) is 0 Å². The van der Waals surface area contributed by atoms with Crippen LogP contribution in [0, 0.1) is 0 Å². The topological polar surface area (TPSA) is 78.9 Å². The van der Waals surface area contributed by atoms with Crippen LogP contribution in [0.1, 0.15) is 329 Å². The second-order valence-corrected chi connectivity index (χ2v) is 23.1. The van der Waals surface area contributed by atoms with Crippen molar-refractivity contribution in [2.45, 2.75) is 335 Å². The van der Waals surface area contributed by atoms with Gasteiger partial charge in [0.15, 0.2) is 6.10 Å². The predicted octanol–water partition coefficient (Wildman–Crippen LogP) is 24.3. The van der Waals surface area contributed by atoms with Crippen LogP contribution in [0.5, 0.6) is 0 Å². The number of allylic oxidation sites excluding steroid dienone is 20. The Kier molecular flexibility index (Phi) is 66.7. The number of hydrogen-bond acceptors (Lipinski definition) is 6. The first-order valence-electron chi connectivity index (χ1n) is 35.0. The lowest BCUT2D eigenvalue weighted by atomic mass is 10.0.